The van der Waals surface area contributed by atoms with Crippen molar-refractivity contribution in [2.45, 2.75) is 26.7 Å². The molecule has 0 saturated heterocycles. The number of nitrogens with one attached hydrogen (secondary N) is 2. The third-order valence-corrected chi connectivity index (χ3v) is 1.27. The zero-order valence-corrected chi connectivity index (χ0v) is 6.65. The Labute approximate surface area is 62.5 Å². The van der Waals surface area contributed by atoms with E-state index in [1.165, 1.54) is 0 Å². The second-order valence-corrected chi connectivity index (χ2v) is 2.49. The Kier molecular flexibility index (Phi) is 4.72. The molecule has 4 N–H and O–H groups in total. The van der Waals surface area contributed by atoms with E-state index in [2.05, 4.69) is 19.2 Å². The van der Waals surface area contributed by atoms with E-state index in [1.807, 2.05) is 6.54 Å². The van der Waals surface area contributed by atoms with Crippen LogP contribution in [0.1, 0.15) is 26.7 Å². The van der Waals surface area contributed by atoms with Crippen LogP contribution in [0, 0.1) is 17.9 Å². The predicted molar refractivity (Wildman–Crippen MR) is 43.4 cm³/mol. The Morgan fingerprint density at radius 2 is 2.40 bits per heavy atom. The first-order valence-electron chi connectivity index (χ1n) is 3.60. The molecule has 1 radical (unpaired) electrons. The van der Waals surface area contributed by atoms with Crippen molar-refractivity contribution in [2.75, 3.05) is 0 Å². The van der Waals surface area contributed by atoms with E-state index in [-0.39, 0.29) is 5.96 Å². The zero-order valence-electron chi connectivity index (χ0n) is 6.65. The standard InChI is InChI=1S/C7H16N3/c1-3-4-6(2)5-10-7(8)9/h5-6H,3-4H2,1-2H3,(H4,8,9,10). The van der Waals surface area contributed by atoms with Gasteiger partial charge in [0.25, 0.3) is 0 Å². The van der Waals surface area contributed by atoms with Gasteiger partial charge in [-0.3, -0.25) is 5.41 Å². The Balaban J connectivity index is 3.21. The summed E-state index contributed by atoms with van der Waals surface area (Å²) in [4.78, 5) is 0. The Morgan fingerprint density at radius 3 is 2.80 bits per heavy atom. The minimum Gasteiger partial charge on any atom is -0.370 e. The van der Waals surface area contributed by atoms with Gasteiger partial charge in [0.05, 0.1) is 6.54 Å². The molecule has 59 valence electrons. The average molecular weight is 142 g/mol. The lowest BCUT2D eigenvalue weighted by Crippen LogP contribution is -2.29. The van der Waals surface area contributed by atoms with Gasteiger partial charge in [0, 0.05) is 0 Å². The van der Waals surface area contributed by atoms with Gasteiger partial charge in [-0.2, -0.15) is 0 Å². The van der Waals surface area contributed by atoms with Gasteiger partial charge in [-0.1, -0.05) is 20.3 Å². The normalized spacial score (nSPS) is 12.6. The Bertz CT molecular complexity index is 101. The largest absolute Gasteiger partial charge is 0.370 e. The summed E-state index contributed by atoms with van der Waals surface area (Å²) in [7, 11) is 0. The number of hydrogen-bond donors (Lipinski definition) is 3. The van der Waals surface area contributed by atoms with Crippen LogP contribution in [0.4, 0.5) is 0 Å². The molecule has 0 aromatic rings. The van der Waals surface area contributed by atoms with Crippen molar-refractivity contribution in [1.82, 2.24) is 5.32 Å². The fourth-order valence-corrected chi connectivity index (χ4v) is 0.771. The van der Waals surface area contributed by atoms with Gasteiger partial charge in [0.15, 0.2) is 5.96 Å². The Morgan fingerprint density at radius 1 is 1.80 bits per heavy atom. The molecule has 10 heavy (non-hydrogen) atoms. The van der Waals surface area contributed by atoms with Crippen molar-refractivity contribution >= 4 is 5.96 Å². The van der Waals surface area contributed by atoms with E-state index in [9.17, 15) is 0 Å². The van der Waals surface area contributed by atoms with E-state index in [1.54, 1.807) is 0 Å². The van der Waals surface area contributed by atoms with Crippen LogP contribution in [0.3, 0.4) is 0 Å². The molecule has 1 atom stereocenters. The highest BCUT2D eigenvalue weighted by Crippen LogP contribution is 2.05. The van der Waals surface area contributed by atoms with E-state index in [0.717, 1.165) is 12.8 Å². The van der Waals surface area contributed by atoms with E-state index in [4.69, 9.17) is 11.1 Å². The highest BCUT2D eigenvalue weighted by atomic mass is 15.0. The van der Waals surface area contributed by atoms with Gasteiger partial charge < -0.3 is 11.1 Å². The molecule has 0 saturated carbocycles. The van der Waals surface area contributed by atoms with Crippen LogP contribution in [0.2, 0.25) is 0 Å². The smallest absolute Gasteiger partial charge is 0.186 e. The molecule has 0 aromatic heterocycles. The lowest BCUT2D eigenvalue weighted by Gasteiger charge is -2.09. The summed E-state index contributed by atoms with van der Waals surface area (Å²) in [6.07, 6.45) is 2.30. The van der Waals surface area contributed by atoms with Gasteiger partial charge in [-0.05, 0) is 12.3 Å². The molecule has 3 heteroatoms. The molecule has 0 aromatic carbocycles. The summed E-state index contributed by atoms with van der Waals surface area (Å²) in [6, 6.07) is 0. The second kappa shape index (κ2) is 5.09. The molecule has 0 aliphatic rings. The van der Waals surface area contributed by atoms with Crippen molar-refractivity contribution in [2.24, 2.45) is 11.7 Å². The van der Waals surface area contributed by atoms with Crippen LogP contribution in [0.25, 0.3) is 0 Å². The van der Waals surface area contributed by atoms with Crippen molar-refractivity contribution in [3.05, 3.63) is 6.54 Å². The first-order valence-corrected chi connectivity index (χ1v) is 3.60. The molecule has 0 rings (SSSR count). The maximum absolute atomic E-state index is 6.86. The number of nitrogens with two attached hydrogens (primary N) is 1. The third kappa shape index (κ3) is 5.41. The lowest BCUT2D eigenvalue weighted by molar-refractivity contribution is 0.573. The van der Waals surface area contributed by atoms with Crippen LogP contribution < -0.4 is 11.1 Å². The molecular formula is C7H16N3. The fourth-order valence-electron chi connectivity index (χ4n) is 0.771. The molecule has 1 unspecified atom stereocenters. The maximum Gasteiger partial charge on any atom is 0.186 e. The minimum absolute atomic E-state index is 0.0166. The SMILES string of the molecule is CCCC(C)[CH]NC(=N)N. The first-order chi connectivity index (χ1) is 4.66. The summed E-state index contributed by atoms with van der Waals surface area (Å²) in [5.41, 5.74) is 5.08. The van der Waals surface area contributed by atoms with Crippen LogP contribution in [0.5, 0.6) is 0 Å². The Hall–Kier alpha value is -0.730. The third-order valence-electron chi connectivity index (χ3n) is 1.27. The summed E-state index contributed by atoms with van der Waals surface area (Å²) >= 11 is 0. The molecule has 0 spiro atoms. The molecule has 0 bridgehead atoms. The summed E-state index contributed by atoms with van der Waals surface area (Å²) in [5, 5.41) is 9.52. The number of rotatable bonds is 4. The summed E-state index contributed by atoms with van der Waals surface area (Å²) in [5.74, 6) is 0.511. The molecular weight excluding hydrogens is 126 g/mol. The van der Waals surface area contributed by atoms with Crippen LogP contribution in [-0.2, 0) is 0 Å². The van der Waals surface area contributed by atoms with Crippen molar-refractivity contribution in [1.29, 1.82) is 5.41 Å². The van der Waals surface area contributed by atoms with Gasteiger partial charge in [-0.25, -0.2) is 0 Å². The summed E-state index contributed by atoms with van der Waals surface area (Å²) in [6.45, 7) is 6.09. The number of guanidine groups is 1. The number of hydrogen-bond acceptors (Lipinski definition) is 1. The summed E-state index contributed by atoms with van der Waals surface area (Å²) < 4.78 is 0. The van der Waals surface area contributed by atoms with E-state index >= 15 is 0 Å². The van der Waals surface area contributed by atoms with Gasteiger partial charge in [0.2, 0.25) is 0 Å². The van der Waals surface area contributed by atoms with Crippen LogP contribution >= 0.6 is 0 Å². The van der Waals surface area contributed by atoms with Crippen molar-refractivity contribution < 1.29 is 0 Å². The maximum atomic E-state index is 6.86. The highest BCUT2D eigenvalue weighted by molar-refractivity contribution is 5.74. The minimum atomic E-state index is 0.0166. The van der Waals surface area contributed by atoms with Crippen molar-refractivity contribution in [3.63, 3.8) is 0 Å². The second-order valence-electron chi connectivity index (χ2n) is 2.49. The monoisotopic (exact) mass is 142 g/mol. The molecule has 0 fully saturated rings. The average Bonchev–Trinajstić information content (AvgIpc) is 1.85. The van der Waals surface area contributed by atoms with Gasteiger partial charge in [0.1, 0.15) is 0 Å². The van der Waals surface area contributed by atoms with E-state index in [0.29, 0.717) is 5.92 Å². The van der Waals surface area contributed by atoms with Crippen LogP contribution in [-0.4, -0.2) is 5.96 Å². The molecule has 0 amide bonds. The highest BCUT2D eigenvalue weighted by Gasteiger charge is 1.99. The zero-order chi connectivity index (χ0) is 7.98. The van der Waals surface area contributed by atoms with Gasteiger partial charge >= 0.3 is 0 Å². The first kappa shape index (κ1) is 9.27. The van der Waals surface area contributed by atoms with Crippen LogP contribution in [0.15, 0.2) is 0 Å². The molecule has 0 heterocycles. The van der Waals surface area contributed by atoms with Crippen molar-refractivity contribution in [3.8, 4) is 0 Å². The predicted octanol–water partition coefficient (Wildman–Crippen LogP) is 1.07. The molecule has 3 nitrogen and oxygen atoms in total. The molecule has 0 aliphatic heterocycles. The van der Waals surface area contributed by atoms with Gasteiger partial charge in [-0.15, -0.1) is 0 Å². The fraction of sp³-hybridized carbons (Fsp3) is 0.714. The quantitative estimate of drug-likeness (QED) is 0.406. The molecule has 0 aliphatic carbocycles. The lowest BCUT2D eigenvalue weighted by atomic mass is 10.1. The topological polar surface area (TPSA) is 61.9 Å². The van der Waals surface area contributed by atoms with E-state index < -0.39 is 0 Å².